The molecule has 0 bridgehead atoms. The molecule has 0 N–H and O–H groups in total. The molecule has 0 aromatic carbocycles. The molecule has 4 rings (SSSR count). The van der Waals surface area contributed by atoms with E-state index in [4.69, 9.17) is 0 Å². The second-order valence-electron chi connectivity index (χ2n) is 7.59. The van der Waals surface area contributed by atoms with Crippen molar-refractivity contribution < 1.29 is 4.79 Å². The van der Waals surface area contributed by atoms with Crippen molar-refractivity contribution in [1.82, 2.24) is 24.2 Å². The molecule has 0 unspecified atom stereocenters. The van der Waals surface area contributed by atoms with Crippen LogP contribution < -0.4 is 5.56 Å². The van der Waals surface area contributed by atoms with Gasteiger partial charge in [-0.2, -0.15) is 5.10 Å². The number of carbonyl (C=O) groups excluding carboxylic acids is 1. The van der Waals surface area contributed by atoms with Gasteiger partial charge in [0.2, 0.25) is 5.91 Å². The molecule has 0 radical (unpaired) electrons. The lowest BCUT2D eigenvalue weighted by atomic mass is 10.0. The lowest BCUT2D eigenvalue weighted by molar-refractivity contribution is -0.137. The molecule has 2 atom stereocenters. The predicted octanol–water partition coefficient (Wildman–Crippen LogP) is 2.98. The van der Waals surface area contributed by atoms with Crippen LogP contribution >= 0.6 is 11.3 Å². The molecule has 1 amide bonds. The van der Waals surface area contributed by atoms with E-state index >= 15 is 0 Å². The maximum Gasteiger partial charge on any atom is 0.267 e. The molecule has 29 heavy (non-hydrogen) atoms. The van der Waals surface area contributed by atoms with E-state index in [1.807, 2.05) is 47.0 Å². The minimum atomic E-state index is -0.149. The average molecular weight is 412 g/mol. The number of imidazole rings is 1. The van der Waals surface area contributed by atoms with Crippen LogP contribution in [0.4, 0.5) is 0 Å². The monoisotopic (exact) mass is 411 g/mol. The third-order valence-corrected chi connectivity index (χ3v) is 6.36. The summed E-state index contributed by atoms with van der Waals surface area (Å²) in [6, 6.07) is 7.22. The van der Waals surface area contributed by atoms with E-state index < -0.39 is 0 Å². The number of hydrogen-bond donors (Lipinski definition) is 0. The van der Waals surface area contributed by atoms with E-state index in [0.29, 0.717) is 13.1 Å². The van der Waals surface area contributed by atoms with E-state index in [-0.39, 0.29) is 23.4 Å². The average Bonchev–Trinajstić information content (AvgIpc) is 3.40. The Kier molecular flexibility index (Phi) is 5.62. The second-order valence-corrected chi connectivity index (χ2v) is 8.53. The first kappa shape index (κ1) is 19.6. The van der Waals surface area contributed by atoms with Crippen LogP contribution in [0.15, 0.2) is 46.8 Å². The van der Waals surface area contributed by atoms with Crippen molar-refractivity contribution in [3.8, 4) is 10.6 Å². The van der Waals surface area contributed by atoms with Gasteiger partial charge in [-0.1, -0.05) is 13.0 Å². The molecule has 3 aromatic heterocycles. The van der Waals surface area contributed by atoms with Crippen LogP contribution in [0, 0.1) is 12.8 Å². The Balaban J connectivity index is 1.50. The Morgan fingerprint density at radius 1 is 1.34 bits per heavy atom. The van der Waals surface area contributed by atoms with E-state index in [1.165, 1.54) is 0 Å². The van der Waals surface area contributed by atoms with Crippen LogP contribution in [-0.4, -0.2) is 43.2 Å². The number of thiophene rings is 1. The number of rotatable bonds is 5. The summed E-state index contributed by atoms with van der Waals surface area (Å²) in [4.78, 5) is 32.7. The fraction of sp³-hybridized carbons (Fsp3) is 0.429. The topological polar surface area (TPSA) is 73.0 Å². The quantitative estimate of drug-likeness (QED) is 0.647. The number of aryl methyl sites for hydroxylation is 1. The highest BCUT2D eigenvalue weighted by Gasteiger charge is 2.29. The van der Waals surface area contributed by atoms with E-state index in [2.05, 4.69) is 10.1 Å². The summed E-state index contributed by atoms with van der Waals surface area (Å²) in [5.74, 6) is 0.872. The summed E-state index contributed by atoms with van der Waals surface area (Å²) in [7, 11) is 0. The van der Waals surface area contributed by atoms with Gasteiger partial charge in [-0.3, -0.25) is 9.59 Å². The van der Waals surface area contributed by atoms with Crippen molar-refractivity contribution in [2.45, 2.75) is 39.3 Å². The van der Waals surface area contributed by atoms with Crippen LogP contribution in [0.25, 0.3) is 10.6 Å². The van der Waals surface area contributed by atoms with Gasteiger partial charge in [0.1, 0.15) is 11.5 Å². The molecule has 1 fully saturated rings. The summed E-state index contributed by atoms with van der Waals surface area (Å²) >= 11 is 1.60. The number of aromatic nitrogens is 4. The maximum absolute atomic E-state index is 13.0. The summed E-state index contributed by atoms with van der Waals surface area (Å²) < 4.78 is 3.57. The normalized spacial score (nSPS) is 18.0. The maximum atomic E-state index is 13.0. The molecule has 0 aliphatic carbocycles. The van der Waals surface area contributed by atoms with Crippen molar-refractivity contribution in [2.24, 2.45) is 5.92 Å². The zero-order chi connectivity index (χ0) is 20.4. The molecule has 0 spiro atoms. The number of likely N-dealkylation sites (tertiary alicyclic amines) is 1. The number of piperidine rings is 1. The molecule has 7 nitrogen and oxygen atoms in total. The van der Waals surface area contributed by atoms with Crippen molar-refractivity contribution >= 4 is 17.2 Å². The first-order chi connectivity index (χ1) is 14.0. The number of nitrogens with zero attached hydrogens (tertiary/aromatic N) is 5. The van der Waals surface area contributed by atoms with E-state index in [1.54, 1.807) is 34.3 Å². The molecular formula is C21H25N5O2S. The number of hydrogen-bond acceptors (Lipinski definition) is 5. The molecule has 1 aliphatic heterocycles. The van der Waals surface area contributed by atoms with Gasteiger partial charge in [0, 0.05) is 38.1 Å². The van der Waals surface area contributed by atoms with E-state index in [9.17, 15) is 9.59 Å². The molecule has 4 heterocycles. The summed E-state index contributed by atoms with van der Waals surface area (Å²) in [6.45, 7) is 5.74. The zero-order valence-corrected chi connectivity index (χ0v) is 17.5. The minimum Gasteiger partial charge on any atom is -0.340 e. The lowest BCUT2D eigenvalue weighted by Crippen LogP contribution is -2.45. The van der Waals surface area contributed by atoms with Gasteiger partial charge in [-0.15, -0.1) is 11.3 Å². The van der Waals surface area contributed by atoms with Crippen LogP contribution in [0.1, 0.15) is 31.6 Å². The highest BCUT2D eigenvalue weighted by Crippen LogP contribution is 2.25. The van der Waals surface area contributed by atoms with Crippen LogP contribution in [0.5, 0.6) is 0 Å². The van der Waals surface area contributed by atoms with Gasteiger partial charge in [0.15, 0.2) is 0 Å². The van der Waals surface area contributed by atoms with Gasteiger partial charge in [0.05, 0.1) is 16.8 Å². The molecule has 8 heteroatoms. The number of amides is 1. The lowest BCUT2D eigenvalue weighted by Gasteiger charge is -2.34. The van der Waals surface area contributed by atoms with Crippen LogP contribution in [0.2, 0.25) is 0 Å². The van der Waals surface area contributed by atoms with Gasteiger partial charge in [0.25, 0.3) is 5.56 Å². The van der Waals surface area contributed by atoms with Gasteiger partial charge >= 0.3 is 0 Å². The number of carbonyl (C=O) groups is 1. The van der Waals surface area contributed by atoms with Gasteiger partial charge in [-0.25, -0.2) is 9.67 Å². The van der Waals surface area contributed by atoms with Crippen LogP contribution in [-0.2, 0) is 11.3 Å². The van der Waals surface area contributed by atoms with Crippen molar-refractivity contribution in [1.29, 1.82) is 0 Å². The Morgan fingerprint density at radius 3 is 2.93 bits per heavy atom. The largest absolute Gasteiger partial charge is 0.340 e. The second kappa shape index (κ2) is 8.32. The Morgan fingerprint density at radius 2 is 2.21 bits per heavy atom. The highest BCUT2D eigenvalue weighted by atomic mass is 32.1. The SMILES string of the molecule is Cc1nccn1C[C@@H](C)C(=O)N1CCC[C@@H](n2nc(-c3cccs3)ccc2=O)C1. The molecule has 152 valence electrons. The molecule has 3 aromatic rings. The van der Waals surface area contributed by atoms with Crippen molar-refractivity contribution in [3.05, 3.63) is 58.2 Å². The summed E-state index contributed by atoms with van der Waals surface area (Å²) in [5.41, 5.74) is 0.679. The van der Waals surface area contributed by atoms with Crippen molar-refractivity contribution in [3.63, 3.8) is 0 Å². The molecule has 1 saturated heterocycles. The van der Waals surface area contributed by atoms with Crippen LogP contribution in [0.3, 0.4) is 0 Å². The summed E-state index contributed by atoms with van der Waals surface area (Å²) in [5, 5.41) is 6.61. The third kappa shape index (κ3) is 4.17. The predicted molar refractivity (Wildman–Crippen MR) is 113 cm³/mol. The fourth-order valence-corrected chi connectivity index (χ4v) is 4.57. The Labute approximate surface area is 173 Å². The minimum absolute atomic E-state index is 0.0951. The third-order valence-electron chi connectivity index (χ3n) is 5.47. The zero-order valence-electron chi connectivity index (χ0n) is 16.7. The Hall–Kier alpha value is -2.74. The first-order valence-electron chi connectivity index (χ1n) is 9.93. The highest BCUT2D eigenvalue weighted by molar-refractivity contribution is 7.13. The van der Waals surface area contributed by atoms with Crippen molar-refractivity contribution in [2.75, 3.05) is 13.1 Å². The van der Waals surface area contributed by atoms with Gasteiger partial charge in [-0.05, 0) is 37.3 Å². The first-order valence-corrected chi connectivity index (χ1v) is 10.8. The molecular weight excluding hydrogens is 386 g/mol. The Bertz CT molecular complexity index is 1040. The van der Waals surface area contributed by atoms with E-state index in [0.717, 1.165) is 35.8 Å². The smallest absolute Gasteiger partial charge is 0.267 e. The standard InChI is InChI=1S/C21H25N5O2S/c1-15(13-24-11-9-22-16(24)2)21(28)25-10-3-5-17(14-25)26-20(27)8-7-18(23-26)19-6-4-12-29-19/h4,6-9,11-12,15,17H,3,5,10,13-14H2,1-2H3/t15-,17-/m1/s1. The van der Waals surface area contributed by atoms with Gasteiger partial charge < -0.3 is 9.47 Å². The molecule has 0 saturated carbocycles. The fourth-order valence-electron chi connectivity index (χ4n) is 3.88. The summed E-state index contributed by atoms with van der Waals surface area (Å²) in [6.07, 6.45) is 5.37. The molecule has 1 aliphatic rings.